The summed E-state index contributed by atoms with van der Waals surface area (Å²) in [4.78, 5) is 11.8. The van der Waals surface area contributed by atoms with Crippen molar-refractivity contribution >= 4 is 18.3 Å². The lowest BCUT2D eigenvalue weighted by Gasteiger charge is -2.10. The molecular formula is C15H19ClFN5O. The number of nitrogens with one attached hydrogen (secondary N) is 2. The summed E-state index contributed by atoms with van der Waals surface area (Å²) >= 11 is 0. The Morgan fingerprint density at radius 1 is 1.43 bits per heavy atom. The lowest BCUT2D eigenvalue weighted by molar-refractivity contribution is -0.122. The van der Waals surface area contributed by atoms with E-state index in [2.05, 4.69) is 20.9 Å². The van der Waals surface area contributed by atoms with Gasteiger partial charge in [-0.1, -0.05) is 5.21 Å². The van der Waals surface area contributed by atoms with Gasteiger partial charge in [-0.05, 0) is 37.6 Å². The van der Waals surface area contributed by atoms with Crippen molar-refractivity contribution in [3.05, 3.63) is 36.3 Å². The SMILES string of the molecule is CCNC(=O)[C@@H]1C[C@@H](n2cc(-c3ccc(F)cc3)nn2)CN1.Cl. The molecule has 1 aromatic carbocycles. The third-order valence-electron chi connectivity index (χ3n) is 3.80. The fourth-order valence-corrected chi connectivity index (χ4v) is 2.62. The molecular weight excluding hydrogens is 321 g/mol. The third kappa shape index (κ3) is 3.86. The molecule has 1 aromatic heterocycles. The van der Waals surface area contributed by atoms with E-state index in [1.54, 1.807) is 16.8 Å². The molecule has 1 aliphatic heterocycles. The van der Waals surface area contributed by atoms with E-state index in [9.17, 15) is 9.18 Å². The predicted octanol–water partition coefficient (Wildman–Crippen LogP) is 1.55. The molecule has 1 amide bonds. The first-order valence-electron chi connectivity index (χ1n) is 7.36. The van der Waals surface area contributed by atoms with E-state index in [4.69, 9.17) is 0 Å². The van der Waals surface area contributed by atoms with Crippen molar-refractivity contribution in [1.82, 2.24) is 25.6 Å². The van der Waals surface area contributed by atoms with Crippen molar-refractivity contribution in [2.75, 3.05) is 13.1 Å². The first-order valence-corrected chi connectivity index (χ1v) is 7.36. The van der Waals surface area contributed by atoms with Crippen molar-refractivity contribution in [2.24, 2.45) is 0 Å². The van der Waals surface area contributed by atoms with Crippen LogP contribution in [-0.2, 0) is 4.79 Å². The zero-order chi connectivity index (χ0) is 15.5. The minimum absolute atomic E-state index is 0. The summed E-state index contributed by atoms with van der Waals surface area (Å²) in [5, 5.41) is 14.3. The first kappa shape index (κ1) is 17.4. The van der Waals surface area contributed by atoms with Crippen LogP contribution >= 0.6 is 12.4 Å². The van der Waals surface area contributed by atoms with Gasteiger partial charge >= 0.3 is 0 Å². The van der Waals surface area contributed by atoms with Gasteiger partial charge in [0.1, 0.15) is 11.5 Å². The molecule has 1 aliphatic rings. The van der Waals surface area contributed by atoms with Crippen LogP contribution in [0, 0.1) is 5.82 Å². The minimum Gasteiger partial charge on any atom is -0.355 e. The van der Waals surface area contributed by atoms with E-state index in [1.165, 1.54) is 12.1 Å². The van der Waals surface area contributed by atoms with Crippen molar-refractivity contribution in [1.29, 1.82) is 0 Å². The monoisotopic (exact) mass is 339 g/mol. The van der Waals surface area contributed by atoms with Crippen LogP contribution < -0.4 is 10.6 Å². The molecule has 0 saturated carbocycles. The summed E-state index contributed by atoms with van der Waals surface area (Å²) in [5.74, 6) is -0.259. The number of carbonyl (C=O) groups is 1. The molecule has 2 aromatic rings. The van der Waals surface area contributed by atoms with Crippen LogP contribution in [0.15, 0.2) is 30.5 Å². The molecule has 1 fully saturated rings. The normalized spacial score (nSPS) is 20.1. The number of amides is 1. The second kappa shape index (κ2) is 7.52. The molecule has 124 valence electrons. The van der Waals surface area contributed by atoms with Gasteiger partial charge in [-0.25, -0.2) is 9.07 Å². The minimum atomic E-state index is -0.277. The number of benzene rings is 1. The summed E-state index contributed by atoms with van der Waals surface area (Å²) < 4.78 is 14.7. The smallest absolute Gasteiger partial charge is 0.237 e. The van der Waals surface area contributed by atoms with Gasteiger partial charge in [0.25, 0.3) is 0 Å². The van der Waals surface area contributed by atoms with Crippen LogP contribution in [0.3, 0.4) is 0 Å². The summed E-state index contributed by atoms with van der Waals surface area (Å²) in [6, 6.07) is 6.05. The second-order valence-electron chi connectivity index (χ2n) is 5.34. The molecule has 0 radical (unpaired) electrons. The fourth-order valence-electron chi connectivity index (χ4n) is 2.62. The first-order chi connectivity index (χ1) is 10.7. The Balaban J connectivity index is 0.00000192. The summed E-state index contributed by atoms with van der Waals surface area (Å²) in [6.07, 6.45) is 2.51. The van der Waals surface area contributed by atoms with Gasteiger partial charge < -0.3 is 10.6 Å². The average Bonchev–Trinajstić information content (AvgIpc) is 3.17. The van der Waals surface area contributed by atoms with E-state index in [1.807, 2.05) is 13.1 Å². The van der Waals surface area contributed by atoms with Crippen LogP contribution in [0.1, 0.15) is 19.4 Å². The predicted molar refractivity (Wildman–Crippen MR) is 86.8 cm³/mol. The number of likely N-dealkylation sites (N-methyl/N-ethyl adjacent to an activating group) is 1. The van der Waals surface area contributed by atoms with E-state index >= 15 is 0 Å². The number of nitrogens with zero attached hydrogens (tertiary/aromatic N) is 3. The number of hydrogen-bond donors (Lipinski definition) is 2. The summed E-state index contributed by atoms with van der Waals surface area (Å²) in [5.41, 5.74) is 1.51. The lowest BCUT2D eigenvalue weighted by Crippen LogP contribution is -2.40. The van der Waals surface area contributed by atoms with E-state index in [0.29, 0.717) is 25.2 Å². The molecule has 3 rings (SSSR count). The van der Waals surface area contributed by atoms with Gasteiger partial charge in [0.2, 0.25) is 5.91 Å². The zero-order valence-electron chi connectivity index (χ0n) is 12.7. The number of carbonyl (C=O) groups excluding carboxylic acids is 1. The third-order valence-corrected chi connectivity index (χ3v) is 3.80. The van der Waals surface area contributed by atoms with Crippen LogP contribution in [0.2, 0.25) is 0 Å². The summed E-state index contributed by atoms with van der Waals surface area (Å²) in [6.45, 7) is 3.20. The van der Waals surface area contributed by atoms with E-state index < -0.39 is 0 Å². The maximum Gasteiger partial charge on any atom is 0.237 e. The van der Waals surface area contributed by atoms with E-state index in [-0.39, 0.29) is 36.2 Å². The van der Waals surface area contributed by atoms with Crippen molar-refractivity contribution < 1.29 is 9.18 Å². The van der Waals surface area contributed by atoms with Crippen molar-refractivity contribution in [3.63, 3.8) is 0 Å². The number of hydrogen-bond acceptors (Lipinski definition) is 4. The van der Waals surface area contributed by atoms with Crippen LogP contribution in [-0.4, -0.2) is 40.0 Å². The molecule has 2 heterocycles. The van der Waals surface area contributed by atoms with E-state index in [0.717, 1.165) is 5.56 Å². The molecule has 23 heavy (non-hydrogen) atoms. The maximum atomic E-state index is 12.9. The van der Waals surface area contributed by atoms with Gasteiger partial charge in [0.15, 0.2) is 0 Å². The Hall–Kier alpha value is -1.99. The van der Waals surface area contributed by atoms with Gasteiger partial charge in [-0.15, -0.1) is 17.5 Å². The molecule has 8 heteroatoms. The number of aromatic nitrogens is 3. The molecule has 0 spiro atoms. The Morgan fingerprint density at radius 2 is 2.17 bits per heavy atom. The van der Waals surface area contributed by atoms with Crippen LogP contribution in [0.5, 0.6) is 0 Å². The van der Waals surface area contributed by atoms with Crippen LogP contribution in [0.4, 0.5) is 4.39 Å². The molecule has 6 nitrogen and oxygen atoms in total. The second-order valence-corrected chi connectivity index (χ2v) is 5.34. The standard InChI is InChI=1S/C15H18FN5O.ClH/c1-2-17-15(22)13-7-12(8-18-13)21-9-14(19-20-21)10-3-5-11(16)6-4-10;/h3-6,9,12-13,18H,2,7-8H2,1H3,(H,17,22);1H/t12-,13+;/m1./s1. The Labute approximate surface area is 139 Å². The van der Waals surface area contributed by atoms with Gasteiger partial charge in [0, 0.05) is 18.7 Å². The Morgan fingerprint density at radius 3 is 2.87 bits per heavy atom. The molecule has 2 atom stereocenters. The Bertz CT molecular complexity index is 660. The van der Waals surface area contributed by atoms with Gasteiger partial charge in [-0.3, -0.25) is 4.79 Å². The zero-order valence-corrected chi connectivity index (χ0v) is 13.5. The highest BCUT2D eigenvalue weighted by Gasteiger charge is 2.30. The molecule has 0 aliphatic carbocycles. The molecule has 1 saturated heterocycles. The Kier molecular flexibility index (Phi) is 5.68. The highest BCUT2D eigenvalue weighted by atomic mass is 35.5. The quantitative estimate of drug-likeness (QED) is 0.886. The molecule has 2 N–H and O–H groups in total. The number of halogens is 2. The van der Waals surface area contributed by atoms with Crippen molar-refractivity contribution in [2.45, 2.75) is 25.4 Å². The van der Waals surface area contributed by atoms with Gasteiger partial charge in [-0.2, -0.15) is 0 Å². The maximum absolute atomic E-state index is 12.9. The fraction of sp³-hybridized carbons (Fsp3) is 0.400. The topological polar surface area (TPSA) is 71.8 Å². The van der Waals surface area contributed by atoms with Crippen LogP contribution in [0.25, 0.3) is 11.3 Å². The highest BCUT2D eigenvalue weighted by molar-refractivity contribution is 5.85. The van der Waals surface area contributed by atoms with Crippen molar-refractivity contribution in [3.8, 4) is 11.3 Å². The van der Waals surface area contributed by atoms with Gasteiger partial charge in [0.05, 0.1) is 18.3 Å². The highest BCUT2D eigenvalue weighted by Crippen LogP contribution is 2.22. The average molecular weight is 340 g/mol. The molecule has 0 bridgehead atoms. The largest absolute Gasteiger partial charge is 0.355 e. The lowest BCUT2D eigenvalue weighted by atomic mass is 10.1. The molecule has 0 unspecified atom stereocenters. The summed E-state index contributed by atoms with van der Waals surface area (Å²) in [7, 11) is 0. The number of rotatable bonds is 4.